The van der Waals surface area contributed by atoms with Crippen molar-refractivity contribution in [3.63, 3.8) is 0 Å². The Balaban J connectivity index is 1.85. The topological polar surface area (TPSA) is 41.7 Å². The number of piperazine rings is 1. The van der Waals surface area contributed by atoms with E-state index >= 15 is 0 Å². The number of ether oxygens (including phenoxy) is 1. The van der Waals surface area contributed by atoms with Crippen LogP contribution >= 0.6 is 0 Å². The summed E-state index contributed by atoms with van der Waals surface area (Å²) in [5, 5.41) is 0. The van der Waals surface area contributed by atoms with E-state index in [1.807, 2.05) is 0 Å². The van der Waals surface area contributed by atoms with Gasteiger partial charge in [0.15, 0.2) is 0 Å². The molecule has 0 bridgehead atoms. The zero-order valence-corrected chi connectivity index (χ0v) is 12.5. The summed E-state index contributed by atoms with van der Waals surface area (Å²) in [4.78, 5) is 5.02. The van der Waals surface area contributed by atoms with E-state index in [4.69, 9.17) is 10.5 Å². The van der Waals surface area contributed by atoms with Crippen molar-refractivity contribution in [2.24, 2.45) is 5.73 Å². The molecule has 4 nitrogen and oxygen atoms in total. The predicted octanol–water partition coefficient (Wildman–Crippen LogP) is 1.56. The molecule has 1 fully saturated rings. The first-order valence-electron chi connectivity index (χ1n) is 7.58. The van der Waals surface area contributed by atoms with Gasteiger partial charge in [-0.3, -0.25) is 4.90 Å². The lowest BCUT2D eigenvalue weighted by Gasteiger charge is -2.40. The maximum Gasteiger partial charge on any atom is 0.0618 e. The Kier molecular flexibility index (Phi) is 6.30. The van der Waals surface area contributed by atoms with Crippen LogP contribution in [0.3, 0.4) is 0 Å². The van der Waals surface area contributed by atoms with Gasteiger partial charge in [-0.2, -0.15) is 0 Å². The van der Waals surface area contributed by atoms with Gasteiger partial charge >= 0.3 is 0 Å². The Morgan fingerprint density at radius 1 is 1.15 bits per heavy atom. The SMILES string of the molecule is COCC(CCCN)N1CCN(c2ccccc2)CC1. The smallest absolute Gasteiger partial charge is 0.0618 e. The van der Waals surface area contributed by atoms with Gasteiger partial charge in [-0.15, -0.1) is 0 Å². The van der Waals surface area contributed by atoms with E-state index in [9.17, 15) is 0 Å². The van der Waals surface area contributed by atoms with Gasteiger partial charge in [0.25, 0.3) is 0 Å². The van der Waals surface area contributed by atoms with Crippen molar-refractivity contribution in [3.8, 4) is 0 Å². The third-order valence-corrected chi connectivity index (χ3v) is 4.05. The molecule has 20 heavy (non-hydrogen) atoms. The number of para-hydroxylation sites is 1. The molecule has 1 aromatic rings. The molecule has 1 aliphatic rings. The lowest BCUT2D eigenvalue weighted by Crippen LogP contribution is -2.51. The van der Waals surface area contributed by atoms with Crippen LogP contribution < -0.4 is 10.6 Å². The molecule has 1 saturated heterocycles. The number of hydrogen-bond acceptors (Lipinski definition) is 4. The van der Waals surface area contributed by atoms with Crippen LogP contribution in [-0.2, 0) is 4.74 Å². The Morgan fingerprint density at radius 2 is 1.85 bits per heavy atom. The van der Waals surface area contributed by atoms with Crippen molar-refractivity contribution < 1.29 is 4.74 Å². The third kappa shape index (κ3) is 4.20. The number of methoxy groups -OCH3 is 1. The van der Waals surface area contributed by atoms with Crippen LogP contribution in [0.1, 0.15) is 12.8 Å². The largest absolute Gasteiger partial charge is 0.383 e. The lowest BCUT2D eigenvalue weighted by atomic mass is 10.1. The fourth-order valence-electron chi connectivity index (χ4n) is 2.90. The molecule has 1 atom stereocenters. The molecule has 1 aliphatic heterocycles. The van der Waals surface area contributed by atoms with Crippen LogP contribution in [0.25, 0.3) is 0 Å². The van der Waals surface area contributed by atoms with Gasteiger partial charge in [0, 0.05) is 45.0 Å². The highest BCUT2D eigenvalue weighted by Gasteiger charge is 2.23. The van der Waals surface area contributed by atoms with E-state index in [-0.39, 0.29) is 0 Å². The molecule has 0 amide bonds. The summed E-state index contributed by atoms with van der Waals surface area (Å²) >= 11 is 0. The quantitative estimate of drug-likeness (QED) is 0.821. The van der Waals surface area contributed by atoms with Crippen LogP contribution in [0, 0.1) is 0 Å². The van der Waals surface area contributed by atoms with Crippen LogP contribution in [0.5, 0.6) is 0 Å². The van der Waals surface area contributed by atoms with Crippen LogP contribution in [0.15, 0.2) is 30.3 Å². The predicted molar refractivity (Wildman–Crippen MR) is 84.2 cm³/mol. The fourth-order valence-corrected chi connectivity index (χ4v) is 2.90. The Hall–Kier alpha value is -1.10. The second-order valence-corrected chi connectivity index (χ2v) is 5.40. The first kappa shape index (κ1) is 15.3. The van der Waals surface area contributed by atoms with Gasteiger partial charge in [-0.25, -0.2) is 0 Å². The van der Waals surface area contributed by atoms with Crippen molar-refractivity contribution >= 4 is 5.69 Å². The molecule has 0 saturated carbocycles. The maximum absolute atomic E-state index is 5.63. The summed E-state index contributed by atoms with van der Waals surface area (Å²) in [6.07, 6.45) is 2.21. The standard InChI is InChI=1S/C16H27N3O/c1-20-14-16(8-5-9-17)19-12-10-18(11-13-19)15-6-3-2-4-7-15/h2-4,6-7,16H,5,8-14,17H2,1H3. The lowest BCUT2D eigenvalue weighted by molar-refractivity contribution is 0.0801. The Bertz CT molecular complexity index is 363. The monoisotopic (exact) mass is 277 g/mol. The highest BCUT2D eigenvalue weighted by Crippen LogP contribution is 2.18. The minimum atomic E-state index is 0.515. The molecule has 1 heterocycles. The normalized spacial score (nSPS) is 18.2. The fraction of sp³-hybridized carbons (Fsp3) is 0.625. The van der Waals surface area contributed by atoms with Crippen LogP contribution in [0.4, 0.5) is 5.69 Å². The highest BCUT2D eigenvalue weighted by atomic mass is 16.5. The molecule has 2 N–H and O–H groups in total. The van der Waals surface area contributed by atoms with Crippen molar-refractivity contribution in [3.05, 3.63) is 30.3 Å². The summed E-state index contributed by atoms with van der Waals surface area (Å²) in [6, 6.07) is 11.2. The number of rotatable bonds is 7. The number of nitrogens with zero attached hydrogens (tertiary/aromatic N) is 2. The van der Waals surface area contributed by atoms with E-state index < -0.39 is 0 Å². The Labute approximate surface area is 122 Å². The van der Waals surface area contributed by atoms with Gasteiger partial charge < -0.3 is 15.4 Å². The van der Waals surface area contributed by atoms with E-state index in [0.717, 1.165) is 52.2 Å². The number of hydrogen-bond donors (Lipinski definition) is 1. The van der Waals surface area contributed by atoms with E-state index in [1.54, 1.807) is 7.11 Å². The number of anilines is 1. The molecule has 112 valence electrons. The zero-order valence-electron chi connectivity index (χ0n) is 12.5. The Morgan fingerprint density at radius 3 is 2.45 bits per heavy atom. The average Bonchev–Trinajstić information content (AvgIpc) is 2.52. The molecular formula is C16H27N3O. The molecule has 0 spiro atoms. The van der Waals surface area contributed by atoms with Crippen LogP contribution in [0.2, 0.25) is 0 Å². The molecule has 1 unspecified atom stereocenters. The van der Waals surface area contributed by atoms with Gasteiger partial charge in [-0.05, 0) is 31.5 Å². The zero-order chi connectivity index (χ0) is 14.2. The summed E-state index contributed by atoms with van der Waals surface area (Å²) in [7, 11) is 1.79. The average molecular weight is 277 g/mol. The highest BCUT2D eigenvalue weighted by molar-refractivity contribution is 5.46. The molecule has 4 heteroatoms. The van der Waals surface area contributed by atoms with Crippen molar-refractivity contribution in [1.82, 2.24) is 4.90 Å². The second kappa shape index (κ2) is 8.25. The number of benzene rings is 1. The van der Waals surface area contributed by atoms with Crippen molar-refractivity contribution in [1.29, 1.82) is 0 Å². The molecule has 0 aliphatic carbocycles. The summed E-state index contributed by atoms with van der Waals surface area (Å²) < 4.78 is 5.37. The molecule has 0 radical (unpaired) electrons. The van der Waals surface area contributed by atoms with Crippen molar-refractivity contribution in [2.75, 3.05) is 51.3 Å². The second-order valence-electron chi connectivity index (χ2n) is 5.40. The number of nitrogens with two attached hydrogens (primary N) is 1. The first-order valence-corrected chi connectivity index (χ1v) is 7.58. The first-order chi connectivity index (χ1) is 9.85. The van der Waals surface area contributed by atoms with Crippen molar-refractivity contribution in [2.45, 2.75) is 18.9 Å². The van der Waals surface area contributed by atoms with E-state index in [2.05, 4.69) is 40.1 Å². The maximum atomic E-state index is 5.63. The van der Waals surface area contributed by atoms with Gasteiger partial charge in [0.2, 0.25) is 0 Å². The third-order valence-electron chi connectivity index (χ3n) is 4.05. The minimum Gasteiger partial charge on any atom is -0.383 e. The van der Waals surface area contributed by atoms with Gasteiger partial charge in [0.05, 0.1) is 6.61 Å². The summed E-state index contributed by atoms with van der Waals surface area (Å²) in [5.41, 5.74) is 6.96. The van der Waals surface area contributed by atoms with Crippen LogP contribution in [-0.4, -0.2) is 57.4 Å². The van der Waals surface area contributed by atoms with E-state index in [0.29, 0.717) is 6.04 Å². The molecule has 0 aromatic heterocycles. The van der Waals surface area contributed by atoms with Gasteiger partial charge in [-0.1, -0.05) is 18.2 Å². The molecule has 2 rings (SSSR count). The molecule has 1 aromatic carbocycles. The minimum absolute atomic E-state index is 0.515. The van der Waals surface area contributed by atoms with E-state index in [1.165, 1.54) is 5.69 Å². The van der Waals surface area contributed by atoms with Gasteiger partial charge in [0.1, 0.15) is 0 Å². The molecular weight excluding hydrogens is 250 g/mol. The summed E-state index contributed by atoms with van der Waals surface area (Å²) in [6.45, 7) is 5.97. The summed E-state index contributed by atoms with van der Waals surface area (Å²) in [5.74, 6) is 0.